The second-order valence-electron chi connectivity index (χ2n) is 5.10. The maximum atomic E-state index is 12.3. The van der Waals surface area contributed by atoms with E-state index < -0.39 is 11.5 Å². The summed E-state index contributed by atoms with van der Waals surface area (Å²) in [6.45, 7) is 1.94. The molecule has 1 aliphatic carbocycles. The number of carbonyl (C=O) groups is 2. The van der Waals surface area contributed by atoms with Crippen LogP contribution < -0.4 is 5.32 Å². The molecule has 4 heteroatoms. The van der Waals surface area contributed by atoms with Gasteiger partial charge in [0.1, 0.15) is 5.54 Å². The fourth-order valence-electron chi connectivity index (χ4n) is 2.50. The quantitative estimate of drug-likeness (QED) is 0.854. The lowest BCUT2D eigenvalue weighted by Crippen LogP contribution is -2.59. The van der Waals surface area contributed by atoms with E-state index in [9.17, 15) is 14.7 Å². The summed E-state index contributed by atoms with van der Waals surface area (Å²) in [5.41, 5.74) is -0.0957. The van der Waals surface area contributed by atoms with Crippen molar-refractivity contribution in [1.82, 2.24) is 5.32 Å². The molecule has 1 atom stereocenters. The van der Waals surface area contributed by atoms with Crippen molar-refractivity contribution >= 4 is 11.9 Å². The highest BCUT2D eigenvalue weighted by Gasteiger charge is 2.46. The van der Waals surface area contributed by atoms with Crippen LogP contribution in [0.1, 0.15) is 44.1 Å². The summed E-state index contributed by atoms with van der Waals surface area (Å²) in [5, 5.41) is 12.0. The molecular weight excluding hydrogens is 242 g/mol. The van der Waals surface area contributed by atoms with E-state index in [1.807, 2.05) is 37.3 Å². The van der Waals surface area contributed by atoms with Gasteiger partial charge in [-0.3, -0.25) is 4.79 Å². The number of amides is 1. The van der Waals surface area contributed by atoms with E-state index in [0.717, 1.165) is 12.0 Å². The lowest BCUT2D eigenvalue weighted by atomic mass is 9.76. The van der Waals surface area contributed by atoms with Crippen LogP contribution in [0.25, 0.3) is 0 Å². The number of carboxylic acid groups (broad SMARTS) is 1. The van der Waals surface area contributed by atoms with Crippen LogP contribution in [0.4, 0.5) is 0 Å². The Kier molecular flexibility index (Phi) is 3.88. The Balaban J connectivity index is 2.12. The van der Waals surface area contributed by atoms with Gasteiger partial charge in [0, 0.05) is 0 Å². The summed E-state index contributed by atoms with van der Waals surface area (Å²) in [4.78, 5) is 23.6. The predicted molar refractivity (Wildman–Crippen MR) is 71.8 cm³/mol. The molecule has 1 fully saturated rings. The maximum absolute atomic E-state index is 12.3. The first-order valence-electron chi connectivity index (χ1n) is 6.69. The smallest absolute Gasteiger partial charge is 0.329 e. The Morgan fingerprint density at radius 1 is 1.32 bits per heavy atom. The van der Waals surface area contributed by atoms with Gasteiger partial charge in [0.15, 0.2) is 0 Å². The van der Waals surface area contributed by atoms with E-state index in [-0.39, 0.29) is 11.8 Å². The van der Waals surface area contributed by atoms with Gasteiger partial charge in [-0.25, -0.2) is 4.79 Å². The van der Waals surface area contributed by atoms with Crippen LogP contribution >= 0.6 is 0 Å². The molecule has 2 N–H and O–H groups in total. The summed E-state index contributed by atoms with van der Waals surface area (Å²) in [7, 11) is 0. The van der Waals surface area contributed by atoms with Gasteiger partial charge in [-0.05, 0) is 31.2 Å². The normalized spacial score (nSPS) is 18.2. The zero-order chi connectivity index (χ0) is 13.9. The third-order valence-electron chi connectivity index (χ3n) is 3.91. The Labute approximate surface area is 112 Å². The second-order valence-corrected chi connectivity index (χ2v) is 5.10. The van der Waals surface area contributed by atoms with E-state index >= 15 is 0 Å². The molecule has 1 amide bonds. The van der Waals surface area contributed by atoms with Crippen molar-refractivity contribution in [3.8, 4) is 0 Å². The SMILES string of the molecule is CCC(C(=O)NC1(C(=O)O)CCC1)c1ccccc1. The van der Waals surface area contributed by atoms with Crippen molar-refractivity contribution in [1.29, 1.82) is 0 Å². The first kappa shape index (κ1) is 13.6. The van der Waals surface area contributed by atoms with Crippen LogP contribution in [0.5, 0.6) is 0 Å². The molecule has 1 aromatic carbocycles. The number of carbonyl (C=O) groups excluding carboxylic acids is 1. The van der Waals surface area contributed by atoms with E-state index in [0.29, 0.717) is 19.3 Å². The molecule has 1 aliphatic rings. The standard InChI is InChI=1S/C15H19NO3/c1-2-12(11-7-4-3-5-8-11)13(17)16-15(14(18)19)9-6-10-15/h3-5,7-8,12H,2,6,9-10H2,1H3,(H,16,17)(H,18,19). The summed E-state index contributed by atoms with van der Waals surface area (Å²) in [6, 6.07) is 9.49. The number of carboxylic acids is 1. The van der Waals surface area contributed by atoms with Gasteiger partial charge >= 0.3 is 5.97 Å². The highest BCUT2D eigenvalue weighted by atomic mass is 16.4. The number of nitrogens with one attached hydrogen (secondary N) is 1. The molecule has 19 heavy (non-hydrogen) atoms. The lowest BCUT2D eigenvalue weighted by molar-refractivity contribution is -0.152. The van der Waals surface area contributed by atoms with E-state index in [4.69, 9.17) is 0 Å². The van der Waals surface area contributed by atoms with Crippen molar-refractivity contribution in [2.75, 3.05) is 0 Å². The Morgan fingerprint density at radius 2 is 1.95 bits per heavy atom. The first-order valence-corrected chi connectivity index (χ1v) is 6.69. The largest absolute Gasteiger partial charge is 0.480 e. The van der Waals surface area contributed by atoms with Crippen LogP contribution in [0.2, 0.25) is 0 Å². The summed E-state index contributed by atoms with van der Waals surface area (Å²) < 4.78 is 0. The minimum absolute atomic E-state index is 0.184. The van der Waals surface area contributed by atoms with Gasteiger partial charge in [0.05, 0.1) is 5.92 Å². The summed E-state index contributed by atoms with van der Waals surface area (Å²) >= 11 is 0. The van der Waals surface area contributed by atoms with Crippen LogP contribution in [-0.4, -0.2) is 22.5 Å². The van der Waals surface area contributed by atoms with Crippen molar-refractivity contribution in [2.45, 2.75) is 44.1 Å². The molecule has 2 rings (SSSR count). The molecule has 0 aliphatic heterocycles. The first-order chi connectivity index (χ1) is 9.09. The number of hydrogen-bond donors (Lipinski definition) is 2. The molecule has 0 radical (unpaired) electrons. The van der Waals surface area contributed by atoms with E-state index in [1.54, 1.807) is 0 Å². The molecule has 0 spiro atoms. The fraction of sp³-hybridized carbons (Fsp3) is 0.467. The van der Waals surface area contributed by atoms with Crippen molar-refractivity contribution in [3.63, 3.8) is 0 Å². The van der Waals surface area contributed by atoms with Gasteiger partial charge in [-0.15, -0.1) is 0 Å². The molecule has 4 nitrogen and oxygen atoms in total. The molecule has 0 aromatic heterocycles. The summed E-state index contributed by atoms with van der Waals surface area (Å²) in [6.07, 6.45) is 2.57. The van der Waals surface area contributed by atoms with Gasteiger partial charge in [-0.1, -0.05) is 37.3 Å². The van der Waals surface area contributed by atoms with E-state index in [1.165, 1.54) is 0 Å². The summed E-state index contributed by atoms with van der Waals surface area (Å²) in [5.74, 6) is -1.39. The van der Waals surface area contributed by atoms with E-state index in [2.05, 4.69) is 5.32 Å². The van der Waals surface area contributed by atoms with Crippen LogP contribution in [0, 0.1) is 0 Å². The molecule has 0 saturated heterocycles. The average molecular weight is 261 g/mol. The predicted octanol–water partition coefficient (Wildman–Crippen LogP) is 2.30. The molecular formula is C15H19NO3. The number of rotatable bonds is 5. The maximum Gasteiger partial charge on any atom is 0.329 e. The topological polar surface area (TPSA) is 66.4 Å². The molecule has 1 saturated carbocycles. The van der Waals surface area contributed by atoms with Crippen molar-refractivity contribution < 1.29 is 14.7 Å². The number of aliphatic carboxylic acids is 1. The molecule has 1 unspecified atom stereocenters. The second kappa shape index (κ2) is 5.43. The van der Waals surface area contributed by atoms with Gasteiger partial charge in [0.25, 0.3) is 0 Å². The Bertz CT molecular complexity index is 466. The zero-order valence-electron chi connectivity index (χ0n) is 11.1. The van der Waals surface area contributed by atoms with Crippen molar-refractivity contribution in [3.05, 3.63) is 35.9 Å². The lowest BCUT2D eigenvalue weighted by Gasteiger charge is -2.39. The number of benzene rings is 1. The third kappa shape index (κ3) is 2.62. The number of hydrogen-bond acceptors (Lipinski definition) is 2. The fourth-order valence-corrected chi connectivity index (χ4v) is 2.50. The van der Waals surface area contributed by atoms with Gasteiger partial charge in [0.2, 0.25) is 5.91 Å². The van der Waals surface area contributed by atoms with Crippen LogP contribution in [0.15, 0.2) is 30.3 Å². The monoisotopic (exact) mass is 261 g/mol. The molecule has 1 aromatic rings. The minimum atomic E-state index is -1.03. The Morgan fingerprint density at radius 3 is 2.37 bits per heavy atom. The van der Waals surface area contributed by atoms with Gasteiger partial charge in [-0.2, -0.15) is 0 Å². The Hall–Kier alpha value is -1.84. The average Bonchev–Trinajstić information content (AvgIpc) is 2.35. The molecule has 102 valence electrons. The van der Waals surface area contributed by atoms with Gasteiger partial charge < -0.3 is 10.4 Å². The zero-order valence-corrected chi connectivity index (χ0v) is 11.1. The van der Waals surface area contributed by atoms with Crippen LogP contribution in [0.3, 0.4) is 0 Å². The van der Waals surface area contributed by atoms with Crippen molar-refractivity contribution in [2.24, 2.45) is 0 Å². The third-order valence-corrected chi connectivity index (χ3v) is 3.91. The molecule has 0 bridgehead atoms. The highest BCUT2D eigenvalue weighted by Crippen LogP contribution is 2.33. The minimum Gasteiger partial charge on any atom is -0.480 e. The van der Waals surface area contributed by atoms with Crippen LogP contribution in [-0.2, 0) is 9.59 Å². The molecule has 0 heterocycles. The highest BCUT2D eigenvalue weighted by molar-refractivity contribution is 5.91.